The normalized spacial score (nSPS) is 37.1. The molecule has 16 heavy (non-hydrogen) atoms. The van der Waals surface area contributed by atoms with E-state index in [-0.39, 0.29) is 0 Å². The molecule has 2 nitrogen and oxygen atoms in total. The van der Waals surface area contributed by atoms with Gasteiger partial charge in [0.2, 0.25) is 0 Å². The zero-order valence-electron chi connectivity index (χ0n) is 10.9. The van der Waals surface area contributed by atoms with E-state index in [1.165, 1.54) is 45.1 Å². The van der Waals surface area contributed by atoms with E-state index in [1.54, 1.807) is 0 Å². The Kier molecular flexibility index (Phi) is 4.26. The molecule has 1 heterocycles. The van der Waals surface area contributed by atoms with Crippen molar-refractivity contribution in [3.8, 4) is 0 Å². The fourth-order valence-corrected chi connectivity index (χ4v) is 3.64. The van der Waals surface area contributed by atoms with E-state index in [4.69, 9.17) is 0 Å². The van der Waals surface area contributed by atoms with Gasteiger partial charge in [-0.15, -0.1) is 0 Å². The number of hydrogen-bond donors (Lipinski definition) is 1. The fraction of sp³-hybridized carbons (Fsp3) is 1.00. The molecule has 1 N–H and O–H groups in total. The summed E-state index contributed by atoms with van der Waals surface area (Å²) in [7, 11) is 0. The second-order valence-electron chi connectivity index (χ2n) is 6.04. The monoisotopic (exact) mass is 225 g/mol. The summed E-state index contributed by atoms with van der Waals surface area (Å²) in [5.41, 5.74) is 0. The first-order chi connectivity index (χ1) is 7.72. The molecule has 0 aromatic rings. The maximum atomic E-state index is 9.40. The first kappa shape index (κ1) is 12.4. The van der Waals surface area contributed by atoms with Crippen LogP contribution >= 0.6 is 0 Å². The maximum absolute atomic E-state index is 9.40. The van der Waals surface area contributed by atoms with E-state index < -0.39 is 0 Å². The molecule has 0 radical (unpaired) electrons. The third-order valence-corrected chi connectivity index (χ3v) is 4.73. The van der Waals surface area contributed by atoms with E-state index in [1.807, 2.05) is 0 Å². The maximum Gasteiger partial charge on any atom is 0.0586 e. The van der Waals surface area contributed by atoms with Crippen molar-refractivity contribution < 1.29 is 5.11 Å². The average molecular weight is 225 g/mol. The van der Waals surface area contributed by atoms with Gasteiger partial charge in [0.05, 0.1) is 6.61 Å². The van der Waals surface area contributed by atoms with E-state index >= 15 is 0 Å². The Morgan fingerprint density at radius 3 is 2.69 bits per heavy atom. The van der Waals surface area contributed by atoms with Gasteiger partial charge in [0.1, 0.15) is 0 Å². The lowest BCUT2D eigenvalue weighted by molar-refractivity contribution is 0.0744. The molecule has 0 aromatic carbocycles. The standard InChI is InChI=1S/C14H27NO/c1-11(2)12-5-3-6-13(9-12)15-8-4-7-14(15)10-16/h11-14,16H,3-10H2,1-2H3. The first-order valence-electron chi connectivity index (χ1n) is 7.09. The minimum Gasteiger partial charge on any atom is -0.395 e. The number of hydrogen-bond acceptors (Lipinski definition) is 2. The minimum absolute atomic E-state index is 0.364. The van der Waals surface area contributed by atoms with Gasteiger partial charge in [-0.05, 0) is 44.1 Å². The van der Waals surface area contributed by atoms with Crippen molar-refractivity contribution in [1.29, 1.82) is 0 Å². The molecule has 3 unspecified atom stereocenters. The number of aliphatic hydroxyl groups is 1. The van der Waals surface area contributed by atoms with Crippen LogP contribution in [0.4, 0.5) is 0 Å². The van der Waals surface area contributed by atoms with Gasteiger partial charge >= 0.3 is 0 Å². The number of nitrogens with zero attached hydrogens (tertiary/aromatic N) is 1. The van der Waals surface area contributed by atoms with Crippen molar-refractivity contribution in [3.63, 3.8) is 0 Å². The van der Waals surface area contributed by atoms with E-state index in [0.717, 1.165) is 17.9 Å². The Morgan fingerprint density at radius 2 is 2.00 bits per heavy atom. The summed E-state index contributed by atoms with van der Waals surface area (Å²) < 4.78 is 0. The van der Waals surface area contributed by atoms with Gasteiger partial charge in [-0.1, -0.05) is 26.7 Å². The van der Waals surface area contributed by atoms with Crippen LogP contribution in [0.5, 0.6) is 0 Å². The van der Waals surface area contributed by atoms with Crippen LogP contribution in [0, 0.1) is 11.8 Å². The largest absolute Gasteiger partial charge is 0.395 e. The van der Waals surface area contributed by atoms with Crippen molar-refractivity contribution in [2.75, 3.05) is 13.2 Å². The third kappa shape index (κ3) is 2.60. The molecule has 94 valence electrons. The smallest absolute Gasteiger partial charge is 0.0586 e. The van der Waals surface area contributed by atoms with Crippen LogP contribution < -0.4 is 0 Å². The molecule has 2 aliphatic rings. The second kappa shape index (κ2) is 5.50. The Hall–Kier alpha value is -0.0800. The molecule has 2 heteroatoms. The molecular weight excluding hydrogens is 198 g/mol. The predicted molar refractivity (Wildman–Crippen MR) is 67.4 cm³/mol. The van der Waals surface area contributed by atoms with Gasteiger partial charge in [0.15, 0.2) is 0 Å². The molecule has 0 bridgehead atoms. The van der Waals surface area contributed by atoms with Gasteiger partial charge in [-0.3, -0.25) is 4.90 Å². The zero-order valence-corrected chi connectivity index (χ0v) is 10.9. The van der Waals surface area contributed by atoms with Crippen molar-refractivity contribution in [3.05, 3.63) is 0 Å². The molecule has 0 aromatic heterocycles. The van der Waals surface area contributed by atoms with Gasteiger partial charge in [-0.2, -0.15) is 0 Å². The van der Waals surface area contributed by atoms with Gasteiger partial charge < -0.3 is 5.11 Å². The van der Waals surface area contributed by atoms with Crippen LogP contribution in [0.1, 0.15) is 52.4 Å². The highest BCUT2D eigenvalue weighted by Gasteiger charge is 2.34. The van der Waals surface area contributed by atoms with Gasteiger partial charge in [-0.25, -0.2) is 0 Å². The molecule has 0 amide bonds. The Labute approximate surface area is 100 Å². The molecular formula is C14H27NO. The number of likely N-dealkylation sites (tertiary alicyclic amines) is 1. The Morgan fingerprint density at radius 1 is 1.19 bits per heavy atom. The topological polar surface area (TPSA) is 23.5 Å². The summed E-state index contributed by atoms with van der Waals surface area (Å²) in [6.45, 7) is 6.31. The summed E-state index contributed by atoms with van der Waals surface area (Å²) in [6.07, 6.45) is 8.04. The molecule has 2 rings (SSSR count). The summed E-state index contributed by atoms with van der Waals surface area (Å²) in [5, 5.41) is 9.40. The van der Waals surface area contributed by atoms with Crippen LogP contribution in [0.2, 0.25) is 0 Å². The fourth-order valence-electron chi connectivity index (χ4n) is 3.64. The zero-order chi connectivity index (χ0) is 11.5. The third-order valence-electron chi connectivity index (χ3n) is 4.73. The second-order valence-corrected chi connectivity index (χ2v) is 6.04. The highest BCUT2D eigenvalue weighted by atomic mass is 16.3. The first-order valence-corrected chi connectivity index (χ1v) is 7.09. The van der Waals surface area contributed by atoms with Crippen LogP contribution in [-0.4, -0.2) is 35.2 Å². The summed E-state index contributed by atoms with van der Waals surface area (Å²) in [6, 6.07) is 1.23. The molecule has 1 saturated heterocycles. The molecule has 0 spiro atoms. The quantitative estimate of drug-likeness (QED) is 0.798. The van der Waals surface area contributed by atoms with Crippen LogP contribution in [0.3, 0.4) is 0 Å². The predicted octanol–water partition coefficient (Wildman–Crippen LogP) is 2.66. The molecule has 3 atom stereocenters. The summed E-state index contributed by atoms with van der Waals surface area (Å²) in [4.78, 5) is 2.61. The summed E-state index contributed by atoms with van der Waals surface area (Å²) in [5.74, 6) is 1.75. The van der Waals surface area contributed by atoms with Gasteiger partial charge in [0, 0.05) is 12.1 Å². The van der Waals surface area contributed by atoms with E-state index in [0.29, 0.717) is 12.6 Å². The molecule has 1 aliphatic carbocycles. The number of rotatable bonds is 3. The lowest BCUT2D eigenvalue weighted by Crippen LogP contribution is -2.43. The SMILES string of the molecule is CC(C)C1CCCC(N2CCCC2CO)C1. The van der Waals surface area contributed by atoms with Crippen LogP contribution in [0.15, 0.2) is 0 Å². The van der Waals surface area contributed by atoms with E-state index in [2.05, 4.69) is 18.7 Å². The van der Waals surface area contributed by atoms with Gasteiger partial charge in [0.25, 0.3) is 0 Å². The molecule has 1 saturated carbocycles. The highest BCUT2D eigenvalue weighted by Crippen LogP contribution is 2.35. The summed E-state index contributed by atoms with van der Waals surface area (Å²) >= 11 is 0. The van der Waals surface area contributed by atoms with E-state index in [9.17, 15) is 5.11 Å². The average Bonchev–Trinajstić information content (AvgIpc) is 2.77. The minimum atomic E-state index is 0.364. The van der Waals surface area contributed by atoms with Crippen molar-refractivity contribution in [2.45, 2.75) is 64.5 Å². The number of aliphatic hydroxyl groups excluding tert-OH is 1. The van der Waals surface area contributed by atoms with Crippen LogP contribution in [-0.2, 0) is 0 Å². The van der Waals surface area contributed by atoms with Crippen molar-refractivity contribution in [2.24, 2.45) is 11.8 Å². The lowest BCUT2D eigenvalue weighted by atomic mass is 9.78. The highest BCUT2D eigenvalue weighted by molar-refractivity contribution is 4.88. The lowest BCUT2D eigenvalue weighted by Gasteiger charge is -2.39. The van der Waals surface area contributed by atoms with Crippen LogP contribution in [0.25, 0.3) is 0 Å². The molecule has 1 aliphatic heterocycles. The van der Waals surface area contributed by atoms with Crippen molar-refractivity contribution in [1.82, 2.24) is 4.90 Å². The Balaban J connectivity index is 1.93. The molecule has 2 fully saturated rings. The van der Waals surface area contributed by atoms with Crippen molar-refractivity contribution >= 4 is 0 Å². The Bertz CT molecular complexity index is 217.